The molecule has 2 fully saturated rings. The van der Waals surface area contributed by atoms with Crippen LogP contribution >= 0.6 is 0 Å². The van der Waals surface area contributed by atoms with Crippen molar-refractivity contribution in [2.45, 2.75) is 38.3 Å². The van der Waals surface area contributed by atoms with Gasteiger partial charge in [-0.3, -0.25) is 9.69 Å². The summed E-state index contributed by atoms with van der Waals surface area (Å²) in [6.45, 7) is 3.95. The first kappa shape index (κ1) is 13.1. The normalized spacial score (nSPS) is 28.7. The third-order valence-electron chi connectivity index (χ3n) is 3.91. The highest BCUT2D eigenvalue weighted by atomic mass is 16.4. The van der Waals surface area contributed by atoms with E-state index in [1.165, 1.54) is 6.42 Å². The van der Waals surface area contributed by atoms with Gasteiger partial charge in [-0.1, -0.05) is 6.92 Å². The maximum atomic E-state index is 11.7. The Kier molecular flexibility index (Phi) is 4.06. The Morgan fingerprint density at radius 1 is 1.39 bits per heavy atom. The molecule has 0 saturated carbocycles. The van der Waals surface area contributed by atoms with Gasteiger partial charge in [0.25, 0.3) is 0 Å². The van der Waals surface area contributed by atoms with Gasteiger partial charge in [0.15, 0.2) is 0 Å². The van der Waals surface area contributed by atoms with Crippen LogP contribution in [0, 0.1) is 5.92 Å². The summed E-state index contributed by atoms with van der Waals surface area (Å²) in [6, 6.07) is 0.446. The molecule has 2 rings (SSSR count). The third kappa shape index (κ3) is 2.93. The summed E-state index contributed by atoms with van der Waals surface area (Å²) in [5, 5.41) is 14.3. The lowest BCUT2D eigenvalue weighted by Gasteiger charge is -2.21. The van der Waals surface area contributed by atoms with Crippen LogP contribution in [0.5, 0.6) is 0 Å². The molecule has 3 unspecified atom stereocenters. The lowest BCUT2D eigenvalue weighted by molar-refractivity contribution is -0.140. The highest BCUT2D eigenvalue weighted by molar-refractivity contribution is 5.76. The van der Waals surface area contributed by atoms with Crippen molar-refractivity contribution in [3.05, 3.63) is 0 Å². The van der Waals surface area contributed by atoms with Crippen LogP contribution in [0.2, 0.25) is 0 Å². The Hall–Kier alpha value is -1.30. The van der Waals surface area contributed by atoms with Gasteiger partial charge in [-0.05, 0) is 25.8 Å². The van der Waals surface area contributed by atoms with Crippen LogP contribution in [0.15, 0.2) is 0 Å². The topological polar surface area (TPSA) is 81.7 Å². The summed E-state index contributed by atoms with van der Waals surface area (Å²) >= 11 is 0. The molecule has 0 radical (unpaired) electrons. The van der Waals surface area contributed by atoms with Gasteiger partial charge in [-0.2, -0.15) is 0 Å². The fourth-order valence-corrected chi connectivity index (χ4v) is 2.80. The molecule has 6 heteroatoms. The SMILES string of the molecule is CC(CNC(=O)NC1CCN2CCCC12)C(=O)O. The number of carbonyl (C=O) groups excluding carboxylic acids is 1. The van der Waals surface area contributed by atoms with Crippen LogP contribution in [0.3, 0.4) is 0 Å². The number of nitrogens with zero attached hydrogens (tertiary/aromatic N) is 1. The fraction of sp³-hybridized carbons (Fsp3) is 0.833. The highest BCUT2D eigenvalue weighted by Crippen LogP contribution is 2.27. The maximum Gasteiger partial charge on any atom is 0.315 e. The lowest BCUT2D eigenvalue weighted by atomic mass is 10.1. The second-order valence-corrected chi connectivity index (χ2v) is 5.23. The summed E-state index contributed by atoms with van der Waals surface area (Å²) in [6.07, 6.45) is 3.35. The molecular formula is C12H21N3O3. The number of urea groups is 1. The lowest BCUT2D eigenvalue weighted by Crippen LogP contribution is -2.48. The predicted molar refractivity (Wildman–Crippen MR) is 66.3 cm³/mol. The van der Waals surface area contributed by atoms with E-state index in [0.717, 1.165) is 25.9 Å². The number of aliphatic carboxylic acids is 1. The van der Waals surface area contributed by atoms with Gasteiger partial charge in [-0.15, -0.1) is 0 Å². The maximum absolute atomic E-state index is 11.7. The van der Waals surface area contributed by atoms with E-state index in [4.69, 9.17) is 5.11 Å². The molecule has 0 aromatic carbocycles. The van der Waals surface area contributed by atoms with E-state index in [-0.39, 0.29) is 18.6 Å². The van der Waals surface area contributed by atoms with E-state index < -0.39 is 11.9 Å². The zero-order valence-corrected chi connectivity index (χ0v) is 10.7. The smallest absolute Gasteiger partial charge is 0.315 e. The van der Waals surface area contributed by atoms with Crippen molar-refractivity contribution in [1.82, 2.24) is 15.5 Å². The molecule has 0 bridgehead atoms. The van der Waals surface area contributed by atoms with Gasteiger partial charge in [0.1, 0.15) is 0 Å². The second-order valence-electron chi connectivity index (χ2n) is 5.23. The second kappa shape index (κ2) is 5.56. The molecule has 0 aromatic heterocycles. The molecule has 2 heterocycles. The van der Waals surface area contributed by atoms with Crippen LogP contribution in [0.4, 0.5) is 4.79 Å². The molecule has 18 heavy (non-hydrogen) atoms. The van der Waals surface area contributed by atoms with Gasteiger partial charge in [-0.25, -0.2) is 4.79 Å². The average Bonchev–Trinajstić information content (AvgIpc) is 2.90. The van der Waals surface area contributed by atoms with Crippen molar-refractivity contribution in [1.29, 1.82) is 0 Å². The molecule has 3 N–H and O–H groups in total. The largest absolute Gasteiger partial charge is 0.481 e. The summed E-state index contributed by atoms with van der Waals surface area (Å²) in [5.74, 6) is -1.44. The van der Waals surface area contributed by atoms with Gasteiger partial charge in [0.2, 0.25) is 0 Å². The summed E-state index contributed by atoms with van der Waals surface area (Å²) in [7, 11) is 0. The zero-order valence-electron chi connectivity index (χ0n) is 10.7. The number of hydrogen-bond acceptors (Lipinski definition) is 3. The molecular weight excluding hydrogens is 234 g/mol. The van der Waals surface area contributed by atoms with Crippen molar-refractivity contribution in [2.75, 3.05) is 19.6 Å². The van der Waals surface area contributed by atoms with Crippen LogP contribution in [-0.2, 0) is 4.79 Å². The molecule has 0 aromatic rings. The van der Waals surface area contributed by atoms with Crippen LogP contribution in [0.1, 0.15) is 26.2 Å². The summed E-state index contributed by atoms with van der Waals surface area (Å²) in [4.78, 5) is 24.7. The van der Waals surface area contributed by atoms with E-state index in [1.54, 1.807) is 6.92 Å². The minimum absolute atomic E-state index is 0.169. The molecule has 2 saturated heterocycles. The van der Waals surface area contributed by atoms with E-state index in [9.17, 15) is 9.59 Å². The van der Waals surface area contributed by atoms with Gasteiger partial charge in [0, 0.05) is 25.2 Å². The Balaban J connectivity index is 1.73. The van der Waals surface area contributed by atoms with Crippen molar-refractivity contribution in [2.24, 2.45) is 5.92 Å². The van der Waals surface area contributed by atoms with Crippen molar-refractivity contribution >= 4 is 12.0 Å². The third-order valence-corrected chi connectivity index (χ3v) is 3.91. The van der Waals surface area contributed by atoms with Crippen LogP contribution < -0.4 is 10.6 Å². The van der Waals surface area contributed by atoms with Crippen LogP contribution in [-0.4, -0.2) is 53.7 Å². The van der Waals surface area contributed by atoms with Crippen molar-refractivity contribution < 1.29 is 14.7 Å². The minimum Gasteiger partial charge on any atom is -0.481 e. The molecule has 0 spiro atoms. The van der Waals surface area contributed by atoms with E-state index in [2.05, 4.69) is 15.5 Å². The van der Waals surface area contributed by atoms with Crippen LogP contribution in [0.25, 0.3) is 0 Å². The van der Waals surface area contributed by atoms with E-state index in [0.29, 0.717) is 6.04 Å². The number of carbonyl (C=O) groups is 2. The van der Waals surface area contributed by atoms with E-state index in [1.807, 2.05) is 0 Å². The number of amides is 2. The average molecular weight is 255 g/mol. The number of rotatable bonds is 4. The number of nitrogens with one attached hydrogen (secondary N) is 2. The number of fused-ring (bicyclic) bond motifs is 1. The Morgan fingerprint density at radius 2 is 2.17 bits per heavy atom. The van der Waals surface area contributed by atoms with Crippen molar-refractivity contribution in [3.63, 3.8) is 0 Å². The first-order chi connectivity index (χ1) is 8.58. The van der Waals surface area contributed by atoms with Gasteiger partial charge >= 0.3 is 12.0 Å². The number of hydrogen-bond donors (Lipinski definition) is 3. The first-order valence-electron chi connectivity index (χ1n) is 6.59. The molecule has 0 aliphatic carbocycles. The van der Waals surface area contributed by atoms with Crippen molar-refractivity contribution in [3.8, 4) is 0 Å². The Bertz CT molecular complexity index is 335. The molecule has 2 aliphatic rings. The standard InChI is InChI=1S/C12H21N3O3/c1-8(11(16)17)7-13-12(18)14-9-4-6-15-5-2-3-10(9)15/h8-10H,2-7H2,1H3,(H,16,17)(H2,13,14,18). The predicted octanol–water partition coefficient (Wildman–Crippen LogP) is 0.243. The first-order valence-corrected chi connectivity index (χ1v) is 6.59. The number of carboxylic acids is 1. The zero-order chi connectivity index (χ0) is 13.1. The Labute approximate surface area is 107 Å². The molecule has 102 valence electrons. The summed E-state index contributed by atoms with van der Waals surface area (Å²) < 4.78 is 0. The summed E-state index contributed by atoms with van der Waals surface area (Å²) in [5.41, 5.74) is 0. The number of carboxylic acid groups (broad SMARTS) is 1. The van der Waals surface area contributed by atoms with Gasteiger partial charge in [0.05, 0.1) is 5.92 Å². The molecule has 6 nitrogen and oxygen atoms in total. The minimum atomic E-state index is -0.891. The highest BCUT2D eigenvalue weighted by Gasteiger charge is 2.37. The quantitative estimate of drug-likeness (QED) is 0.672. The Morgan fingerprint density at radius 3 is 2.89 bits per heavy atom. The van der Waals surface area contributed by atoms with E-state index >= 15 is 0 Å². The molecule has 2 amide bonds. The molecule has 3 atom stereocenters. The fourth-order valence-electron chi connectivity index (χ4n) is 2.80. The monoisotopic (exact) mass is 255 g/mol. The molecule has 2 aliphatic heterocycles. The van der Waals surface area contributed by atoms with Gasteiger partial charge < -0.3 is 15.7 Å².